The van der Waals surface area contributed by atoms with E-state index in [2.05, 4.69) is 10.3 Å². The number of amides is 1. The number of ether oxygens (including phenoxy) is 3. The maximum atomic E-state index is 12.2. The van der Waals surface area contributed by atoms with Gasteiger partial charge in [-0.25, -0.2) is 23.2 Å². The lowest BCUT2D eigenvalue weighted by atomic mass is 10.1. The van der Waals surface area contributed by atoms with Gasteiger partial charge in [0.05, 0.1) is 29.8 Å². The van der Waals surface area contributed by atoms with Crippen molar-refractivity contribution in [3.05, 3.63) is 30.1 Å². The van der Waals surface area contributed by atoms with Gasteiger partial charge in [-0.15, -0.1) is 0 Å². The fraction of sp³-hybridized carbons (Fsp3) is 0.593. The molecule has 4 rings (SSSR count). The molecular weight excluding hydrogens is 522 g/mol. The molecule has 11 nitrogen and oxygen atoms in total. The highest BCUT2D eigenvalue weighted by molar-refractivity contribution is 7.91. The van der Waals surface area contributed by atoms with E-state index in [-0.39, 0.29) is 23.6 Å². The van der Waals surface area contributed by atoms with Crippen LogP contribution < -0.4 is 19.7 Å². The van der Waals surface area contributed by atoms with Gasteiger partial charge in [0.25, 0.3) is 0 Å². The van der Waals surface area contributed by atoms with Gasteiger partial charge in [-0.05, 0) is 45.7 Å². The molecule has 12 heteroatoms. The van der Waals surface area contributed by atoms with E-state index >= 15 is 0 Å². The highest BCUT2D eigenvalue weighted by Crippen LogP contribution is 2.37. The van der Waals surface area contributed by atoms with E-state index in [9.17, 15) is 13.2 Å². The highest BCUT2D eigenvalue weighted by atomic mass is 32.2. The minimum absolute atomic E-state index is 0.0692. The number of hydrogen-bond donors (Lipinski definition) is 1. The molecule has 39 heavy (non-hydrogen) atoms. The highest BCUT2D eigenvalue weighted by Gasteiger charge is 2.29. The number of likely N-dealkylation sites (tertiary alicyclic amines) is 1. The van der Waals surface area contributed by atoms with E-state index in [0.29, 0.717) is 56.2 Å². The van der Waals surface area contributed by atoms with Crippen molar-refractivity contribution >= 4 is 33.3 Å². The van der Waals surface area contributed by atoms with Crippen molar-refractivity contribution in [3.8, 4) is 11.5 Å². The molecule has 2 aromatic heterocycles. The Labute approximate surface area is 230 Å². The molecule has 1 atom stereocenters. The molecule has 2 aliphatic heterocycles. The lowest BCUT2D eigenvalue weighted by molar-refractivity contribution is 0.0511. The average Bonchev–Trinajstić information content (AvgIpc) is 2.89. The van der Waals surface area contributed by atoms with Gasteiger partial charge in [0.2, 0.25) is 5.75 Å². The van der Waals surface area contributed by atoms with Gasteiger partial charge in [-0.2, -0.15) is 0 Å². The normalized spacial score (nSPS) is 18.7. The molecule has 0 aliphatic carbocycles. The van der Waals surface area contributed by atoms with Crippen molar-refractivity contribution in [3.63, 3.8) is 0 Å². The second kappa shape index (κ2) is 12.3. The zero-order chi connectivity index (χ0) is 28.2. The summed E-state index contributed by atoms with van der Waals surface area (Å²) in [6, 6.07) is 5.58. The topological polar surface area (TPSA) is 123 Å². The van der Waals surface area contributed by atoms with Crippen LogP contribution in [0.2, 0.25) is 0 Å². The zero-order valence-corrected chi connectivity index (χ0v) is 24.2. The van der Waals surface area contributed by atoms with Gasteiger partial charge < -0.3 is 29.3 Å². The lowest BCUT2D eigenvalue weighted by Crippen LogP contribution is -2.42. The minimum Gasteiger partial charge on any atom is -0.490 e. The van der Waals surface area contributed by atoms with Gasteiger partial charge in [-0.3, -0.25) is 0 Å². The number of anilines is 3. The van der Waals surface area contributed by atoms with Crippen molar-refractivity contribution in [2.24, 2.45) is 0 Å². The van der Waals surface area contributed by atoms with Crippen LogP contribution in [0.3, 0.4) is 0 Å². The Morgan fingerprint density at radius 1 is 1.13 bits per heavy atom. The maximum Gasteiger partial charge on any atom is 0.410 e. The minimum atomic E-state index is -3.10. The molecule has 214 valence electrons. The van der Waals surface area contributed by atoms with Crippen molar-refractivity contribution in [1.29, 1.82) is 0 Å². The van der Waals surface area contributed by atoms with E-state index in [4.69, 9.17) is 19.2 Å². The number of nitrogens with one attached hydrogen (secondary N) is 1. The van der Waals surface area contributed by atoms with Crippen LogP contribution in [0.25, 0.3) is 0 Å². The van der Waals surface area contributed by atoms with Crippen molar-refractivity contribution < 1.29 is 27.4 Å². The predicted octanol–water partition coefficient (Wildman–Crippen LogP) is 3.94. The summed E-state index contributed by atoms with van der Waals surface area (Å²) in [6.07, 6.45) is 5.32. The third-order valence-corrected chi connectivity index (χ3v) is 8.63. The monoisotopic (exact) mass is 561 g/mol. The number of aryl methyl sites for hydroxylation is 1. The number of methoxy groups -OCH3 is 1. The van der Waals surface area contributed by atoms with Crippen molar-refractivity contribution in [2.45, 2.75) is 63.9 Å². The number of carbonyl (C=O) groups excluding carboxylic acids is 1. The molecule has 4 heterocycles. The van der Waals surface area contributed by atoms with Gasteiger partial charge >= 0.3 is 6.09 Å². The number of piperidine rings is 2. The van der Waals surface area contributed by atoms with Crippen molar-refractivity contribution in [2.75, 3.05) is 49.8 Å². The van der Waals surface area contributed by atoms with Crippen LogP contribution in [0.1, 0.15) is 45.2 Å². The van der Waals surface area contributed by atoms with E-state index < -0.39 is 9.84 Å². The summed E-state index contributed by atoms with van der Waals surface area (Å²) in [4.78, 5) is 25.1. The van der Waals surface area contributed by atoms with Gasteiger partial charge in [0.1, 0.15) is 11.9 Å². The molecule has 0 saturated carbocycles. The third kappa shape index (κ3) is 7.23. The molecule has 0 radical (unpaired) electrons. The largest absolute Gasteiger partial charge is 0.490 e. The third-order valence-electron chi connectivity index (χ3n) is 7.03. The number of hydrogen-bond acceptors (Lipinski definition) is 10. The molecule has 1 amide bonds. The van der Waals surface area contributed by atoms with Crippen LogP contribution in [0.15, 0.2) is 24.4 Å². The smallest absolute Gasteiger partial charge is 0.410 e. The lowest BCUT2D eigenvalue weighted by Gasteiger charge is -2.33. The fourth-order valence-electron chi connectivity index (χ4n) is 4.90. The molecule has 2 aromatic rings. The fourth-order valence-corrected chi connectivity index (χ4v) is 5.95. The molecule has 1 unspecified atom stereocenters. The first-order valence-electron chi connectivity index (χ1n) is 13.4. The summed E-state index contributed by atoms with van der Waals surface area (Å²) in [7, 11) is -1.53. The van der Waals surface area contributed by atoms with Gasteiger partial charge in [-0.1, -0.05) is 0 Å². The van der Waals surface area contributed by atoms with Crippen LogP contribution in [-0.2, 0) is 14.6 Å². The Morgan fingerprint density at radius 2 is 1.87 bits per heavy atom. The molecule has 2 fully saturated rings. The number of pyridine rings is 2. The number of nitrogens with zero attached hydrogens (tertiary/aromatic N) is 4. The van der Waals surface area contributed by atoms with Gasteiger partial charge in [0.15, 0.2) is 21.4 Å². The first-order chi connectivity index (χ1) is 18.5. The molecule has 0 spiro atoms. The Kier molecular flexibility index (Phi) is 9.04. The number of rotatable bonds is 8. The standard InChI is InChI=1S/C27H39N5O6S/c1-18(2)37-27(33)31-15-11-20(12-16-31)38-23-10-13-28-26(25(23)36-4)30-22-8-9-24(29-19(22)3)32-14-6-7-21(17-32)39(5,34)35/h8-10,13,18,20-21H,6-7,11-12,14-17H2,1-5H3,(H,28,30). The molecule has 0 bridgehead atoms. The van der Waals surface area contributed by atoms with Crippen LogP contribution in [0, 0.1) is 6.92 Å². The van der Waals surface area contributed by atoms with Crippen LogP contribution in [0.5, 0.6) is 11.5 Å². The van der Waals surface area contributed by atoms with Crippen LogP contribution >= 0.6 is 0 Å². The SMILES string of the molecule is COc1c(OC2CCN(C(=O)OC(C)C)CC2)ccnc1Nc1ccc(N2CCCC(S(C)(=O)=O)C2)nc1C. The van der Waals surface area contributed by atoms with E-state index in [1.807, 2.05) is 37.8 Å². The summed E-state index contributed by atoms with van der Waals surface area (Å²) in [6.45, 7) is 7.93. The number of aromatic nitrogens is 2. The Hall–Kier alpha value is -3.28. The van der Waals surface area contributed by atoms with Crippen molar-refractivity contribution in [1.82, 2.24) is 14.9 Å². The number of sulfone groups is 1. The first-order valence-corrected chi connectivity index (χ1v) is 15.3. The van der Waals surface area contributed by atoms with E-state index in [1.54, 1.807) is 24.3 Å². The summed E-state index contributed by atoms with van der Waals surface area (Å²) in [5, 5.41) is 2.94. The maximum absolute atomic E-state index is 12.2. The molecule has 1 N–H and O–H groups in total. The average molecular weight is 562 g/mol. The van der Waals surface area contributed by atoms with E-state index in [0.717, 1.165) is 30.2 Å². The summed E-state index contributed by atoms with van der Waals surface area (Å²) < 4.78 is 41.4. The summed E-state index contributed by atoms with van der Waals surface area (Å²) >= 11 is 0. The molecule has 2 aliphatic rings. The summed E-state index contributed by atoms with van der Waals surface area (Å²) in [5.74, 6) is 2.31. The quantitative estimate of drug-likeness (QED) is 0.507. The number of carbonyl (C=O) groups is 1. The Bertz CT molecular complexity index is 1260. The van der Waals surface area contributed by atoms with Crippen LogP contribution in [0.4, 0.5) is 22.1 Å². The molecule has 2 saturated heterocycles. The zero-order valence-electron chi connectivity index (χ0n) is 23.3. The predicted molar refractivity (Wildman–Crippen MR) is 150 cm³/mol. The Balaban J connectivity index is 1.42. The first kappa shape index (κ1) is 28.7. The van der Waals surface area contributed by atoms with E-state index in [1.165, 1.54) is 6.26 Å². The second-order valence-electron chi connectivity index (χ2n) is 10.4. The summed E-state index contributed by atoms with van der Waals surface area (Å²) in [5.41, 5.74) is 1.51. The van der Waals surface area contributed by atoms with Gasteiger partial charge in [0, 0.05) is 57.5 Å². The Morgan fingerprint density at radius 3 is 2.51 bits per heavy atom. The van der Waals surface area contributed by atoms with Crippen LogP contribution in [-0.4, -0.2) is 86.4 Å². The second-order valence-corrected chi connectivity index (χ2v) is 12.7. The molecule has 0 aromatic carbocycles. The molecular formula is C27H39N5O6S.